The quantitative estimate of drug-likeness (QED) is 0.171. The number of benzene rings is 3. The molecule has 0 saturated carbocycles. The van der Waals surface area contributed by atoms with Crippen molar-refractivity contribution in [1.82, 2.24) is 5.32 Å². The summed E-state index contributed by atoms with van der Waals surface area (Å²) < 4.78 is 4.02. The maximum absolute atomic E-state index is 12.8. The minimum atomic E-state index is -1.74. The van der Waals surface area contributed by atoms with Crippen LogP contribution in [0.3, 0.4) is 0 Å². The Labute approximate surface area is 210 Å². The predicted molar refractivity (Wildman–Crippen MR) is 139 cm³/mol. The van der Waals surface area contributed by atoms with E-state index in [0.717, 1.165) is 35.6 Å². The van der Waals surface area contributed by atoms with Gasteiger partial charge in [0.15, 0.2) is 0 Å². The lowest BCUT2D eigenvalue weighted by atomic mass is 10.0. The molecule has 3 aromatic carbocycles. The summed E-state index contributed by atoms with van der Waals surface area (Å²) in [7, 11) is 0. The number of unbranched alkanes of at least 4 members (excludes halogenated alkanes) is 2. The van der Waals surface area contributed by atoms with Crippen molar-refractivity contribution in [3.05, 3.63) is 84.4 Å². The molecular formula is C26H27Cl3N2O2. The molecule has 0 bridgehead atoms. The van der Waals surface area contributed by atoms with E-state index in [9.17, 15) is 4.79 Å². The molecule has 3 rings (SSSR count). The molecule has 0 fully saturated rings. The Bertz CT molecular complexity index is 1000. The van der Waals surface area contributed by atoms with Gasteiger partial charge in [0.1, 0.15) is 11.9 Å². The fraction of sp³-hybridized carbons (Fsp3) is 0.269. The number of anilines is 1. The lowest BCUT2D eigenvalue weighted by Crippen LogP contribution is -2.49. The number of halogens is 3. The molecule has 174 valence electrons. The van der Waals surface area contributed by atoms with Gasteiger partial charge in [-0.15, -0.1) is 0 Å². The largest absolute Gasteiger partial charge is 0.494 e. The van der Waals surface area contributed by atoms with Crippen LogP contribution >= 0.6 is 34.8 Å². The van der Waals surface area contributed by atoms with Gasteiger partial charge in [0.25, 0.3) is 5.91 Å². The van der Waals surface area contributed by atoms with E-state index in [1.54, 1.807) is 12.1 Å². The number of nitrogens with one attached hydrogen (secondary N) is 2. The van der Waals surface area contributed by atoms with Crippen LogP contribution in [0.1, 0.15) is 36.5 Å². The molecular weight excluding hydrogens is 479 g/mol. The monoisotopic (exact) mass is 504 g/mol. The van der Waals surface area contributed by atoms with Crippen LogP contribution in [0.15, 0.2) is 78.9 Å². The summed E-state index contributed by atoms with van der Waals surface area (Å²) in [6, 6.07) is 24.4. The molecule has 0 spiro atoms. The standard InChI is InChI=1S/C26H27Cl3N2O2/c1-2-3-7-18-33-23-16-14-20(15-17-23)19-10-12-21(13-11-19)24(32)31-25(26(27,28)29)30-22-8-5-4-6-9-22/h4-6,8-17,25,30H,2-3,7,18H2,1H3,(H,31,32). The zero-order valence-corrected chi connectivity index (χ0v) is 20.6. The topological polar surface area (TPSA) is 50.4 Å². The minimum absolute atomic E-state index is 0.350. The number of amides is 1. The normalized spacial score (nSPS) is 12.1. The summed E-state index contributed by atoms with van der Waals surface area (Å²) in [6.45, 7) is 2.90. The number of ether oxygens (including phenoxy) is 1. The number of hydrogen-bond acceptors (Lipinski definition) is 3. The number of alkyl halides is 3. The molecule has 3 aromatic rings. The van der Waals surface area contributed by atoms with Crippen LogP contribution in [0.5, 0.6) is 5.75 Å². The van der Waals surface area contributed by atoms with Crippen molar-refractivity contribution in [2.75, 3.05) is 11.9 Å². The van der Waals surface area contributed by atoms with Gasteiger partial charge in [0.05, 0.1) is 6.61 Å². The van der Waals surface area contributed by atoms with Crippen molar-refractivity contribution in [3.63, 3.8) is 0 Å². The van der Waals surface area contributed by atoms with Gasteiger partial charge in [0.2, 0.25) is 3.79 Å². The van der Waals surface area contributed by atoms with E-state index in [1.165, 1.54) is 12.8 Å². The van der Waals surface area contributed by atoms with Crippen LogP contribution in [0.2, 0.25) is 0 Å². The van der Waals surface area contributed by atoms with Gasteiger partial charge in [-0.1, -0.05) is 97.0 Å². The summed E-state index contributed by atoms with van der Waals surface area (Å²) in [5.41, 5.74) is 3.21. The molecule has 0 heterocycles. The lowest BCUT2D eigenvalue weighted by Gasteiger charge is -2.27. The Balaban J connectivity index is 1.63. The third-order valence-corrected chi connectivity index (χ3v) is 5.69. The molecule has 0 aliphatic heterocycles. The van der Waals surface area contributed by atoms with Gasteiger partial charge in [-0.2, -0.15) is 0 Å². The highest BCUT2D eigenvalue weighted by Crippen LogP contribution is 2.31. The summed E-state index contributed by atoms with van der Waals surface area (Å²) in [5, 5.41) is 5.80. The first-order valence-corrected chi connectivity index (χ1v) is 12.0. The average molecular weight is 506 g/mol. The Hall–Kier alpha value is -2.40. The van der Waals surface area contributed by atoms with Crippen molar-refractivity contribution in [3.8, 4) is 16.9 Å². The summed E-state index contributed by atoms with van der Waals surface area (Å²) in [6.07, 6.45) is 2.48. The molecule has 1 atom stereocenters. The van der Waals surface area contributed by atoms with Crippen molar-refractivity contribution in [1.29, 1.82) is 0 Å². The van der Waals surface area contributed by atoms with E-state index < -0.39 is 9.96 Å². The van der Waals surface area contributed by atoms with Crippen LogP contribution in [-0.2, 0) is 0 Å². The van der Waals surface area contributed by atoms with Crippen LogP contribution in [0, 0.1) is 0 Å². The molecule has 0 radical (unpaired) electrons. The van der Waals surface area contributed by atoms with E-state index in [2.05, 4.69) is 17.6 Å². The van der Waals surface area contributed by atoms with Gasteiger partial charge in [-0.3, -0.25) is 4.79 Å². The van der Waals surface area contributed by atoms with Crippen LogP contribution in [0.4, 0.5) is 5.69 Å². The fourth-order valence-corrected chi connectivity index (χ4v) is 3.54. The number of para-hydroxylation sites is 1. The lowest BCUT2D eigenvalue weighted by molar-refractivity contribution is 0.0942. The molecule has 4 nitrogen and oxygen atoms in total. The van der Waals surface area contributed by atoms with E-state index >= 15 is 0 Å². The Morgan fingerprint density at radius 3 is 2.06 bits per heavy atom. The minimum Gasteiger partial charge on any atom is -0.494 e. The maximum Gasteiger partial charge on any atom is 0.252 e. The number of carbonyl (C=O) groups excluding carboxylic acids is 1. The second-order valence-electron chi connectivity index (χ2n) is 7.62. The van der Waals surface area contributed by atoms with Crippen molar-refractivity contribution >= 4 is 46.4 Å². The molecule has 33 heavy (non-hydrogen) atoms. The maximum atomic E-state index is 12.8. The predicted octanol–water partition coefficient (Wildman–Crippen LogP) is 7.46. The van der Waals surface area contributed by atoms with Crippen molar-refractivity contribution in [2.45, 2.75) is 36.1 Å². The van der Waals surface area contributed by atoms with Gasteiger partial charge >= 0.3 is 0 Å². The second-order valence-corrected chi connectivity index (χ2v) is 9.98. The van der Waals surface area contributed by atoms with Crippen LogP contribution in [0.25, 0.3) is 11.1 Å². The van der Waals surface area contributed by atoms with Crippen molar-refractivity contribution < 1.29 is 9.53 Å². The van der Waals surface area contributed by atoms with E-state index in [4.69, 9.17) is 39.5 Å². The highest BCUT2D eigenvalue weighted by Gasteiger charge is 2.34. The number of rotatable bonds is 10. The Morgan fingerprint density at radius 2 is 1.48 bits per heavy atom. The van der Waals surface area contributed by atoms with Crippen LogP contribution in [-0.4, -0.2) is 22.5 Å². The SMILES string of the molecule is CCCCCOc1ccc(-c2ccc(C(=O)NC(Nc3ccccc3)C(Cl)(Cl)Cl)cc2)cc1. The summed E-state index contributed by atoms with van der Waals surface area (Å²) in [4.78, 5) is 12.8. The molecule has 1 amide bonds. The molecule has 0 saturated heterocycles. The molecule has 2 N–H and O–H groups in total. The molecule has 0 aliphatic carbocycles. The highest BCUT2D eigenvalue weighted by molar-refractivity contribution is 6.68. The molecule has 0 aliphatic rings. The van der Waals surface area contributed by atoms with Gasteiger partial charge in [-0.05, 0) is 53.9 Å². The molecule has 1 unspecified atom stereocenters. The summed E-state index contributed by atoms with van der Waals surface area (Å²) in [5.74, 6) is 0.506. The second kappa shape index (κ2) is 12.2. The van der Waals surface area contributed by atoms with E-state index in [1.807, 2.05) is 66.7 Å². The smallest absolute Gasteiger partial charge is 0.252 e. The third-order valence-electron chi connectivity index (χ3n) is 5.04. The molecule has 0 aromatic heterocycles. The van der Waals surface area contributed by atoms with E-state index in [0.29, 0.717) is 5.56 Å². The zero-order valence-electron chi connectivity index (χ0n) is 18.4. The average Bonchev–Trinajstić information content (AvgIpc) is 2.82. The number of carbonyl (C=O) groups is 1. The molecule has 7 heteroatoms. The first-order valence-electron chi connectivity index (χ1n) is 10.9. The first-order chi connectivity index (χ1) is 15.9. The summed E-state index contributed by atoms with van der Waals surface area (Å²) >= 11 is 18.3. The van der Waals surface area contributed by atoms with Crippen LogP contribution < -0.4 is 15.4 Å². The highest BCUT2D eigenvalue weighted by atomic mass is 35.6. The Morgan fingerprint density at radius 1 is 0.879 bits per heavy atom. The first kappa shape index (κ1) is 25.2. The van der Waals surface area contributed by atoms with Crippen molar-refractivity contribution in [2.24, 2.45) is 0 Å². The Kier molecular flexibility index (Phi) is 9.30. The fourth-order valence-electron chi connectivity index (χ4n) is 3.21. The number of hydrogen-bond donors (Lipinski definition) is 2. The van der Waals surface area contributed by atoms with E-state index in [-0.39, 0.29) is 5.91 Å². The zero-order chi connectivity index (χ0) is 23.7. The van der Waals surface area contributed by atoms with Gasteiger partial charge in [0, 0.05) is 11.3 Å². The van der Waals surface area contributed by atoms with Gasteiger partial charge < -0.3 is 15.4 Å². The third kappa shape index (κ3) is 7.85. The van der Waals surface area contributed by atoms with Gasteiger partial charge in [-0.25, -0.2) is 0 Å².